The number of hydrogen-bond donors (Lipinski definition) is 1. The first-order chi connectivity index (χ1) is 7.72. The van der Waals surface area contributed by atoms with Crippen LogP contribution in [0.3, 0.4) is 0 Å². The van der Waals surface area contributed by atoms with Crippen molar-refractivity contribution in [2.24, 2.45) is 10.7 Å². The molecule has 0 aliphatic carbocycles. The molecule has 2 rings (SSSR count). The van der Waals surface area contributed by atoms with Crippen molar-refractivity contribution >= 4 is 22.5 Å². The van der Waals surface area contributed by atoms with Crippen molar-refractivity contribution in [2.75, 3.05) is 19.0 Å². The monoisotopic (exact) mass is 214 g/mol. The van der Waals surface area contributed by atoms with Crippen LogP contribution in [0.2, 0.25) is 0 Å². The second kappa shape index (κ2) is 4.18. The van der Waals surface area contributed by atoms with Gasteiger partial charge in [0.25, 0.3) is 0 Å². The molecule has 0 radical (unpaired) electrons. The first kappa shape index (κ1) is 10.4. The number of pyridine rings is 1. The first-order valence-electron chi connectivity index (χ1n) is 5.03. The zero-order chi connectivity index (χ0) is 11.5. The molecule has 2 N–H and O–H groups in total. The van der Waals surface area contributed by atoms with Gasteiger partial charge in [-0.2, -0.15) is 0 Å². The predicted octanol–water partition coefficient (Wildman–Crippen LogP) is 1.62. The summed E-state index contributed by atoms with van der Waals surface area (Å²) in [5.74, 6) is 0.489. The Morgan fingerprint density at radius 3 is 2.94 bits per heavy atom. The van der Waals surface area contributed by atoms with Crippen molar-refractivity contribution in [3.8, 4) is 0 Å². The average Bonchev–Trinajstić information content (AvgIpc) is 2.36. The predicted molar refractivity (Wildman–Crippen MR) is 67.7 cm³/mol. The van der Waals surface area contributed by atoms with Crippen LogP contribution in [0.15, 0.2) is 41.5 Å². The second-order valence-electron chi connectivity index (χ2n) is 3.52. The van der Waals surface area contributed by atoms with Crippen LogP contribution in [-0.4, -0.2) is 25.0 Å². The lowest BCUT2D eigenvalue weighted by Crippen LogP contribution is -2.33. The van der Waals surface area contributed by atoms with Crippen molar-refractivity contribution in [3.63, 3.8) is 0 Å². The minimum absolute atomic E-state index is 0.489. The SMILES string of the molecule is CN=C(N)N(C)c1ccc2ncccc2c1. The Morgan fingerprint density at radius 2 is 2.19 bits per heavy atom. The van der Waals surface area contributed by atoms with E-state index in [0.717, 1.165) is 16.6 Å². The maximum atomic E-state index is 5.75. The summed E-state index contributed by atoms with van der Waals surface area (Å²) in [6, 6.07) is 9.94. The lowest BCUT2D eigenvalue weighted by Gasteiger charge is -2.17. The van der Waals surface area contributed by atoms with Gasteiger partial charge in [-0.3, -0.25) is 9.98 Å². The van der Waals surface area contributed by atoms with Gasteiger partial charge in [-0.15, -0.1) is 0 Å². The maximum absolute atomic E-state index is 5.75. The number of rotatable bonds is 1. The maximum Gasteiger partial charge on any atom is 0.195 e. The summed E-state index contributed by atoms with van der Waals surface area (Å²) in [5, 5.41) is 1.09. The van der Waals surface area contributed by atoms with Gasteiger partial charge in [0.1, 0.15) is 0 Å². The minimum Gasteiger partial charge on any atom is -0.370 e. The van der Waals surface area contributed by atoms with Gasteiger partial charge >= 0.3 is 0 Å². The minimum atomic E-state index is 0.489. The van der Waals surface area contributed by atoms with E-state index in [0.29, 0.717) is 5.96 Å². The van der Waals surface area contributed by atoms with E-state index in [9.17, 15) is 0 Å². The van der Waals surface area contributed by atoms with Crippen molar-refractivity contribution in [2.45, 2.75) is 0 Å². The molecule has 4 heteroatoms. The quantitative estimate of drug-likeness (QED) is 0.579. The number of benzene rings is 1. The van der Waals surface area contributed by atoms with Crippen LogP contribution in [0.25, 0.3) is 10.9 Å². The first-order valence-corrected chi connectivity index (χ1v) is 5.03. The number of nitrogens with zero attached hydrogens (tertiary/aromatic N) is 3. The second-order valence-corrected chi connectivity index (χ2v) is 3.52. The van der Waals surface area contributed by atoms with Crippen molar-refractivity contribution in [3.05, 3.63) is 36.5 Å². The van der Waals surface area contributed by atoms with E-state index in [2.05, 4.69) is 9.98 Å². The summed E-state index contributed by atoms with van der Waals surface area (Å²) in [5.41, 5.74) is 7.73. The zero-order valence-electron chi connectivity index (χ0n) is 9.38. The van der Waals surface area contributed by atoms with Crippen LogP contribution in [0, 0.1) is 0 Å². The van der Waals surface area contributed by atoms with E-state index < -0.39 is 0 Å². The lowest BCUT2D eigenvalue weighted by atomic mass is 10.2. The number of aromatic nitrogens is 1. The Hall–Kier alpha value is -2.10. The van der Waals surface area contributed by atoms with Crippen molar-refractivity contribution in [1.82, 2.24) is 4.98 Å². The molecule has 2 aromatic rings. The number of fused-ring (bicyclic) bond motifs is 1. The highest BCUT2D eigenvalue weighted by atomic mass is 15.2. The van der Waals surface area contributed by atoms with Crippen LogP contribution in [0.1, 0.15) is 0 Å². The van der Waals surface area contributed by atoms with Gasteiger partial charge in [0.05, 0.1) is 5.52 Å². The van der Waals surface area contributed by atoms with E-state index in [1.165, 1.54) is 0 Å². The molecule has 0 atom stereocenters. The van der Waals surface area contributed by atoms with Gasteiger partial charge in [0.15, 0.2) is 5.96 Å². The summed E-state index contributed by atoms with van der Waals surface area (Å²) in [6.07, 6.45) is 1.79. The third-order valence-corrected chi connectivity index (χ3v) is 2.55. The highest BCUT2D eigenvalue weighted by molar-refractivity contribution is 5.96. The Labute approximate surface area is 94.4 Å². The molecule has 0 spiro atoms. The molecule has 1 aromatic carbocycles. The third kappa shape index (κ3) is 1.82. The Bertz CT molecular complexity index is 533. The van der Waals surface area contributed by atoms with Gasteiger partial charge in [0, 0.05) is 31.4 Å². The van der Waals surface area contributed by atoms with Crippen molar-refractivity contribution in [1.29, 1.82) is 0 Å². The molecule has 0 amide bonds. The van der Waals surface area contributed by atoms with Crippen molar-refractivity contribution < 1.29 is 0 Å². The van der Waals surface area contributed by atoms with E-state index in [-0.39, 0.29) is 0 Å². The highest BCUT2D eigenvalue weighted by Crippen LogP contribution is 2.19. The molecule has 1 heterocycles. The molecule has 0 bridgehead atoms. The number of hydrogen-bond acceptors (Lipinski definition) is 2. The van der Waals surface area contributed by atoms with Gasteiger partial charge in [-0.1, -0.05) is 6.07 Å². The van der Waals surface area contributed by atoms with E-state index in [1.807, 2.05) is 42.3 Å². The smallest absolute Gasteiger partial charge is 0.195 e. The molecule has 0 fully saturated rings. The molecule has 0 saturated heterocycles. The number of anilines is 1. The van der Waals surface area contributed by atoms with Gasteiger partial charge in [0.2, 0.25) is 0 Å². The Balaban J connectivity index is 2.47. The molecular formula is C12H14N4. The third-order valence-electron chi connectivity index (χ3n) is 2.55. The fourth-order valence-corrected chi connectivity index (χ4v) is 1.55. The van der Waals surface area contributed by atoms with E-state index in [4.69, 9.17) is 5.73 Å². The molecule has 4 nitrogen and oxygen atoms in total. The van der Waals surface area contributed by atoms with E-state index in [1.54, 1.807) is 13.2 Å². The fraction of sp³-hybridized carbons (Fsp3) is 0.167. The molecule has 0 saturated carbocycles. The number of nitrogens with two attached hydrogens (primary N) is 1. The normalized spacial score (nSPS) is 11.8. The summed E-state index contributed by atoms with van der Waals surface area (Å²) in [6.45, 7) is 0. The molecule has 82 valence electrons. The van der Waals surface area contributed by atoms with Crippen LogP contribution in [0.4, 0.5) is 5.69 Å². The van der Waals surface area contributed by atoms with E-state index >= 15 is 0 Å². The Kier molecular flexibility index (Phi) is 2.72. The largest absolute Gasteiger partial charge is 0.370 e. The average molecular weight is 214 g/mol. The van der Waals surface area contributed by atoms with Crippen LogP contribution < -0.4 is 10.6 Å². The summed E-state index contributed by atoms with van der Waals surface area (Å²) < 4.78 is 0. The molecule has 16 heavy (non-hydrogen) atoms. The summed E-state index contributed by atoms with van der Waals surface area (Å²) in [7, 11) is 3.56. The molecule has 0 aliphatic rings. The van der Waals surface area contributed by atoms with Gasteiger partial charge in [-0.25, -0.2) is 0 Å². The number of aliphatic imine (C=N–C) groups is 1. The summed E-state index contributed by atoms with van der Waals surface area (Å²) >= 11 is 0. The van der Waals surface area contributed by atoms with Crippen LogP contribution in [0.5, 0.6) is 0 Å². The fourth-order valence-electron chi connectivity index (χ4n) is 1.55. The molecule has 0 unspecified atom stereocenters. The van der Waals surface area contributed by atoms with Crippen LogP contribution >= 0.6 is 0 Å². The standard InChI is InChI=1S/C12H14N4/c1-14-12(13)16(2)10-5-6-11-9(8-10)4-3-7-15-11/h3-8H,1-2H3,(H2,13,14). The van der Waals surface area contributed by atoms with Gasteiger partial charge < -0.3 is 10.6 Å². The van der Waals surface area contributed by atoms with Crippen LogP contribution in [-0.2, 0) is 0 Å². The molecule has 1 aromatic heterocycles. The highest BCUT2D eigenvalue weighted by Gasteiger charge is 2.04. The Morgan fingerprint density at radius 1 is 1.38 bits per heavy atom. The molecule has 0 aliphatic heterocycles. The zero-order valence-corrected chi connectivity index (χ0v) is 9.38. The number of guanidine groups is 1. The summed E-state index contributed by atoms with van der Waals surface area (Å²) in [4.78, 5) is 10.1. The lowest BCUT2D eigenvalue weighted by molar-refractivity contribution is 1.20. The molecular weight excluding hydrogens is 200 g/mol. The topological polar surface area (TPSA) is 54.5 Å². The van der Waals surface area contributed by atoms with Gasteiger partial charge in [-0.05, 0) is 24.3 Å².